The minimum absolute atomic E-state index is 0.0787. The molecule has 0 heterocycles. The predicted molar refractivity (Wildman–Crippen MR) is 79.5 cm³/mol. The van der Waals surface area contributed by atoms with Gasteiger partial charge in [0.2, 0.25) is 0 Å². The van der Waals surface area contributed by atoms with Crippen molar-refractivity contribution < 1.29 is 19.9 Å². The third kappa shape index (κ3) is 3.31. The van der Waals surface area contributed by atoms with Crippen LogP contribution in [0.4, 0.5) is 0 Å². The molecule has 0 fully saturated rings. The van der Waals surface area contributed by atoms with Crippen molar-refractivity contribution in [3.05, 3.63) is 45.4 Å². The second kappa shape index (κ2) is 6.12. The van der Waals surface area contributed by atoms with Crippen molar-refractivity contribution in [2.24, 2.45) is 0 Å². The van der Waals surface area contributed by atoms with Gasteiger partial charge in [0.1, 0.15) is 0 Å². The highest BCUT2D eigenvalue weighted by Gasteiger charge is 2.18. The lowest BCUT2D eigenvalue weighted by atomic mass is 9.80. The smallest absolute Gasteiger partial charge is 0.488 e. The van der Waals surface area contributed by atoms with E-state index in [1.165, 1.54) is 30.3 Å². The molecule has 0 spiro atoms. The molecule has 0 saturated carbocycles. The minimum atomic E-state index is -1.69. The zero-order chi connectivity index (χ0) is 14.9. The number of phenolic OH excluding ortho intramolecular Hbond substituents is 1. The van der Waals surface area contributed by atoms with Crippen LogP contribution in [0.15, 0.2) is 30.3 Å². The van der Waals surface area contributed by atoms with Gasteiger partial charge in [-0.05, 0) is 29.7 Å². The highest BCUT2D eigenvalue weighted by atomic mass is 35.5. The molecule has 8 heteroatoms. The molecule has 0 aromatic heterocycles. The van der Waals surface area contributed by atoms with Crippen LogP contribution in [0.5, 0.6) is 17.2 Å². The molecular formula is C12H8BCl3O4. The Bertz CT molecular complexity index is 626. The van der Waals surface area contributed by atoms with E-state index in [2.05, 4.69) is 0 Å². The molecule has 20 heavy (non-hydrogen) atoms. The number of ether oxygens (including phenoxy) is 1. The van der Waals surface area contributed by atoms with Crippen molar-refractivity contribution in [1.82, 2.24) is 0 Å². The summed E-state index contributed by atoms with van der Waals surface area (Å²) in [6.45, 7) is 0. The molecule has 0 aliphatic rings. The zero-order valence-electron chi connectivity index (χ0n) is 9.85. The largest absolute Gasteiger partial charge is 0.504 e. The number of hydrogen-bond donors (Lipinski definition) is 3. The van der Waals surface area contributed by atoms with Crippen molar-refractivity contribution in [3.63, 3.8) is 0 Å². The van der Waals surface area contributed by atoms with Gasteiger partial charge >= 0.3 is 7.12 Å². The highest BCUT2D eigenvalue weighted by Crippen LogP contribution is 2.39. The predicted octanol–water partition coefficient (Wildman–Crippen LogP) is 2.82. The second-order valence-corrected chi connectivity index (χ2v) is 5.15. The van der Waals surface area contributed by atoms with Crippen LogP contribution in [-0.2, 0) is 0 Å². The summed E-state index contributed by atoms with van der Waals surface area (Å²) in [5.41, 5.74) is 0.132. The molecule has 2 rings (SSSR count). The Kier molecular flexibility index (Phi) is 4.68. The summed E-state index contributed by atoms with van der Waals surface area (Å²) in [4.78, 5) is 0. The Hall–Kier alpha value is -1.11. The lowest BCUT2D eigenvalue weighted by Gasteiger charge is -2.12. The molecule has 0 unspecified atom stereocenters. The number of aromatic hydroxyl groups is 1. The van der Waals surface area contributed by atoms with E-state index >= 15 is 0 Å². The van der Waals surface area contributed by atoms with Crippen molar-refractivity contribution in [3.8, 4) is 17.2 Å². The fourth-order valence-corrected chi connectivity index (χ4v) is 2.26. The summed E-state index contributed by atoms with van der Waals surface area (Å²) in [5, 5.41) is 28.4. The number of rotatable bonds is 3. The summed E-state index contributed by atoms with van der Waals surface area (Å²) in [7, 11) is -1.69. The van der Waals surface area contributed by atoms with Gasteiger partial charge in [-0.15, -0.1) is 0 Å². The molecule has 0 aliphatic carbocycles. The Morgan fingerprint density at radius 2 is 1.55 bits per heavy atom. The van der Waals surface area contributed by atoms with Gasteiger partial charge in [0.05, 0.1) is 10.0 Å². The van der Waals surface area contributed by atoms with Crippen molar-refractivity contribution in [1.29, 1.82) is 0 Å². The number of hydrogen-bond acceptors (Lipinski definition) is 4. The van der Waals surface area contributed by atoms with Crippen LogP contribution in [0.25, 0.3) is 0 Å². The molecule has 3 N–H and O–H groups in total. The van der Waals surface area contributed by atoms with Crippen LogP contribution < -0.4 is 10.2 Å². The van der Waals surface area contributed by atoms with Crippen LogP contribution >= 0.6 is 34.8 Å². The summed E-state index contributed by atoms with van der Waals surface area (Å²) in [6, 6.07) is 6.91. The van der Waals surface area contributed by atoms with Crippen molar-refractivity contribution in [2.75, 3.05) is 0 Å². The molecule has 0 bridgehead atoms. The maximum Gasteiger partial charge on any atom is 0.488 e. The van der Waals surface area contributed by atoms with Gasteiger partial charge in [-0.1, -0.05) is 34.8 Å². The van der Waals surface area contributed by atoms with E-state index in [9.17, 15) is 5.11 Å². The van der Waals surface area contributed by atoms with Crippen LogP contribution in [0.3, 0.4) is 0 Å². The van der Waals surface area contributed by atoms with E-state index in [-0.39, 0.29) is 32.8 Å². The van der Waals surface area contributed by atoms with Gasteiger partial charge < -0.3 is 19.9 Å². The maximum atomic E-state index is 9.70. The molecule has 0 amide bonds. The van der Waals surface area contributed by atoms with Gasteiger partial charge in [-0.25, -0.2) is 0 Å². The van der Waals surface area contributed by atoms with Crippen LogP contribution in [-0.4, -0.2) is 22.3 Å². The van der Waals surface area contributed by atoms with E-state index in [0.29, 0.717) is 5.02 Å². The first kappa shape index (κ1) is 15.3. The Balaban J connectivity index is 2.39. The van der Waals surface area contributed by atoms with E-state index in [1.54, 1.807) is 0 Å². The second-order valence-electron chi connectivity index (χ2n) is 3.90. The zero-order valence-corrected chi connectivity index (χ0v) is 12.1. The number of halogens is 3. The third-order valence-corrected chi connectivity index (χ3v) is 3.25. The van der Waals surface area contributed by atoms with E-state index in [4.69, 9.17) is 49.6 Å². The SMILES string of the molecule is OB(O)c1cc(Cl)c(Oc2ccc(Cl)cc2O)c(Cl)c1. The van der Waals surface area contributed by atoms with Gasteiger partial charge in [0.25, 0.3) is 0 Å². The molecule has 0 aliphatic heterocycles. The van der Waals surface area contributed by atoms with Crippen LogP contribution in [0, 0.1) is 0 Å². The first-order valence-corrected chi connectivity index (χ1v) is 6.53. The molecule has 0 saturated heterocycles. The fraction of sp³-hybridized carbons (Fsp3) is 0. The van der Waals surface area contributed by atoms with Gasteiger partial charge in [0, 0.05) is 11.1 Å². The maximum absolute atomic E-state index is 9.70. The van der Waals surface area contributed by atoms with Crippen molar-refractivity contribution >= 4 is 47.4 Å². The average Bonchev–Trinajstić information content (AvgIpc) is 2.35. The summed E-state index contributed by atoms with van der Waals surface area (Å²) in [6.07, 6.45) is 0. The lowest BCUT2D eigenvalue weighted by Crippen LogP contribution is -2.29. The summed E-state index contributed by atoms with van der Waals surface area (Å²) < 4.78 is 5.42. The van der Waals surface area contributed by atoms with Gasteiger partial charge in [-0.3, -0.25) is 0 Å². The van der Waals surface area contributed by atoms with Crippen LogP contribution in [0.2, 0.25) is 15.1 Å². The molecule has 4 nitrogen and oxygen atoms in total. The fourth-order valence-electron chi connectivity index (χ4n) is 1.51. The molecule has 0 atom stereocenters. The minimum Gasteiger partial charge on any atom is -0.504 e. The van der Waals surface area contributed by atoms with E-state index in [1.807, 2.05) is 0 Å². The van der Waals surface area contributed by atoms with E-state index < -0.39 is 7.12 Å². The average molecular weight is 333 g/mol. The molecular weight excluding hydrogens is 325 g/mol. The normalized spacial score (nSPS) is 10.4. The molecule has 0 radical (unpaired) electrons. The topological polar surface area (TPSA) is 69.9 Å². The molecule has 104 valence electrons. The summed E-state index contributed by atoms with van der Waals surface area (Å²) >= 11 is 17.7. The monoisotopic (exact) mass is 332 g/mol. The third-order valence-electron chi connectivity index (χ3n) is 2.45. The van der Waals surface area contributed by atoms with Crippen LogP contribution in [0.1, 0.15) is 0 Å². The number of phenols is 1. The first-order chi connectivity index (χ1) is 9.38. The summed E-state index contributed by atoms with van der Waals surface area (Å²) in [5.74, 6) is 0.0433. The quantitative estimate of drug-likeness (QED) is 0.756. The Morgan fingerprint density at radius 1 is 0.950 bits per heavy atom. The van der Waals surface area contributed by atoms with Gasteiger partial charge in [-0.2, -0.15) is 0 Å². The molecule has 2 aromatic carbocycles. The lowest BCUT2D eigenvalue weighted by molar-refractivity contribution is 0.411. The number of benzene rings is 2. The first-order valence-electron chi connectivity index (χ1n) is 5.40. The standard InChI is InChI=1S/C12H8BCl3O4/c14-7-1-2-11(10(17)5-7)20-12-8(15)3-6(13(18)19)4-9(12)16/h1-5,17-19H. The molecule has 2 aromatic rings. The Labute approximate surface area is 130 Å². The highest BCUT2D eigenvalue weighted by molar-refractivity contribution is 6.59. The van der Waals surface area contributed by atoms with E-state index in [0.717, 1.165) is 0 Å². The van der Waals surface area contributed by atoms with Gasteiger partial charge in [0.15, 0.2) is 17.2 Å². The van der Waals surface area contributed by atoms with Crippen molar-refractivity contribution in [2.45, 2.75) is 0 Å². The Morgan fingerprint density at radius 3 is 2.05 bits per heavy atom.